The van der Waals surface area contributed by atoms with Crippen molar-refractivity contribution in [3.8, 4) is 0 Å². The highest BCUT2D eigenvalue weighted by molar-refractivity contribution is 8.76. The molecule has 0 bridgehead atoms. The summed E-state index contributed by atoms with van der Waals surface area (Å²) in [4.78, 5) is 2.52. The first-order valence-corrected chi connectivity index (χ1v) is 7.71. The highest BCUT2D eigenvalue weighted by Gasteiger charge is 2.24. The molecule has 2 saturated heterocycles. The van der Waals surface area contributed by atoms with Gasteiger partial charge in [-0.3, -0.25) is 0 Å². The lowest BCUT2D eigenvalue weighted by molar-refractivity contribution is 0.188. The van der Waals surface area contributed by atoms with Crippen LogP contribution in [0.25, 0.3) is 0 Å². The minimum atomic E-state index is -0.115. The Bertz CT molecular complexity index is 174. The molecule has 5 heteroatoms. The third-order valence-electron chi connectivity index (χ3n) is 2.74. The Kier molecular flexibility index (Phi) is 4.44. The van der Waals surface area contributed by atoms with Gasteiger partial charge >= 0.3 is 0 Å². The first-order chi connectivity index (χ1) is 6.84. The van der Waals surface area contributed by atoms with Gasteiger partial charge in [0.2, 0.25) is 0 Å². The summed E-state index contributed by atoms with van der Waals surface area (Å²) in [6.45, 7) is 4.29. The van der Waals surface area contributed by atoms with Crippen LogP contribution in [0.15, 0.2) is 0 Å². The lowest BCUT2D eigenvalue weighted by Crippen LogP contribution is -2.39. The van der Waals surface area contributed by atoms with Gasteiger partial charge in [-0.25, -0.2) is 0 Å². The van der Waals surface area contributed by atoms with Crippen molar-refractivity contribution in [3.63, 3.8) is 0 Å². The fourth-order valence-electron chi connectivity index (χ4n) is 1.99. The van der Waals surface area contributed by atoms with Crippen molar-refractivity contribution in [2.75, 3.05) is 37.7 Å². The minimum Gasteiger partial charge on any atom is -0.392 e. The average molecular weight is 234 g/mol. The molecule has 0 spiro atoms. The van der Waals surface area contributed by atoms with E-state index in [0.29, 0.717) is 6.04 Å². The molecule has 0 aromatic carbocycles. The minimum absolute atomic E-state index is 0.115. The summed E-state index contributed by atoms with van der Waals surface area (Å²) >= 11 is 0. The van der Waals surface area contributed by atoms with Crippen LogP contribution in [0.4, 0.5) is 0 Å². The van der Waals surface area contributed by atoms with Crippen molar-refractivity contribution in [2.45, 2.75) is 18.6 Å². The molecule has 2 rings (SSSR count). The number of aliphatic hydroxyl groups is 1. The number of hydrogen-bond donors (Lipinski definition) is 2. The Labute approximate surface area is 93.4 Å². The van der Waals surface area contributed by atoms with Crippen LogP contribution in [-0.4, -0.2) is 59.8 Å². The van der Waals surface area contributed by atoms with Gasteiger partial charge in [0.1, 0.15) is 0 Å². The van der Waals surface area contributed by atoms with E-state index < -0.39 is 0 Å². The number of hydrogen-bond acceptors (Lipinski definition) is 5. The molecular formula is C9H18N2OS2. The lowest BCUT2D eigenvalue weighted by atomic mass is 10.2. The van der Waals surface area contributed by atoms with E-state index in [1.807, 2.05) is 21.6 Å². The second kappa shape index (κ2) is 5.61. The van der Waals surface area contributed by atoms with Gasteiger partial charge in [-0.05, 0) is 6.42 Å². The number of β-amino-alcohol motifs (C(OH)–C–C–N with tert-alkyl or cyclic N) is 1. The van der Waals surface area contributed by atoms with Gasteiger partial charge in [-0.1, -0.05) is 21.6 Å². The van der Waals surface area contributed by atoms with Gasteiger partial charge in [0.25, 0.3) is 0 Å². The van der Waals surface area contributed by atoms with Crippen LogP contribution in [0.1, 0.15) is 6.42 Å². The molecule has 0 aromatic heterocycles. The quantitative estimate of drug-likeness (QED) is 0.677. The standard InChI is InChI=1S/C9H18N2OS2/c12-9-5-8(10-6-9)7-11-1-3-13-14-4-2-11/h8-10,12H,1-7H2. The maximum absolute atomic E-state index is 9.40. The molecule has 2 heterocycles. The van der Waals surface area contributed by atoms with Crippen LogP contribution in [0.3, 0.4) is 0 Å². The normalized spacial score (nSPS) is 35.8. The molecule has 2 aliphatic rings. The van der Waals surface area contributed by atoms with Crippen LogP contribution >= 0.6 is 21.6 Å². The smallest absolute Gasteiger partial charge is 0.0680 e. The molecular weight excluding hydrogens is 216 g/mol. The number of rotatable bonds is 2. The summed E-state index contributed by atoms with van der Waals surface area (Å²) in [7, 11) is 3.97. The zero-order valence-corrected chi connectivity index (χ0v) is 9.95. The molecule has 0 aliphatic carbocycles. The van der Waals surface area contributed by atoms with E-state index in [0.717, 1.165) is 19.5 Å². The van der Waals surface area contributed by atoms with Crippen molar-refractivity contribution in [2.24, 2.45) is 0 Å². The third-order valence-corrected chi connectivity index (χ3v) is 5.11. The Hall–Kier alpha value is 0.580. The fraction of sp³-hybridized carbons (Fsp3) is 1.00. The second-order valence-electron chi connectivity index (χ2n) is 3.94. The van der Waals surface area contributed by atoms with Crippen LogP contribution in [0.5, 0.6) is 0 Å². The summed E-state index contributed by atoms with van der Waals surface area (Å²) in [5.41, 5.74) is 0. The maximum atomic E-state index is 9.40. The van der Waals surface area contributed by atoms with Gasteiger partial charge in [0.15, 0.2) is 0 Å². The molecule has 0 aromatic rings. The van der Waals surface area contributed by atoms with E-state index in [4.69, 9.17) is 0 Å². The highest BCUT2D eigenvalue weighted by atomic mass is 33.1. The molecule has 14 heavy (non-hydrogen) atoms. The van der Waals surface area contributed by atoms with Crippen LogP contribution in [-0.2, 0) is 0 Å². The largest absolute Gasteiger partial charge is 0.392 e. The van der Waals surface area contributed by atoms with E-state index in [9.17, 15) is 5.11 Å². The molecule has 2 aliphatic heterocycles. The molecule has 0 amide bonds. The molecule has 2 atom stereocenters. The van der Waals surface area contributed by atoms with Crippen molar-refractivity contribution >= 4 is 21.6 Å². The Morgan fingerprint density at radius 2 is 2.00 bits per heavy atom. The van der Waals surface area contributed by atoms with Crippen LogP contribution in [0.2, 0.25) is 0 Å². The third kappa shape index (κ3) is 3.31. The van der Waals surface area contributed by atoms with Crippen molar-refractivity contribution in [3.05, 3.63) is 0 Å². The second-order valence-corrected chi connectivity index (χ2v) is 6.64. The average Bonchev–Trinajstić information content (AvgIpc) is 2.43. The topological polar surface area (TPSA) is 35.5 Å². The summed E-state index contributed by atoms with van der Waals surface area (Å²) in [5.74, 6) is 2.47. The van der Waals surface area contributed by atoms with Crippen LogP contribution in [0, 0.1) is 0 Å². The zero-order valence-electron chi connectivity index (χ0n) is 8.32. The number of nitrogens with zero attached hydrogens (tertiary/aromatic N) is 1. The number of nitrogens with one attached hydrogen (secondary N) is 1. The van der Waals surface area contributed by atoms with E-state index in [1.54, 1.807) is 0 Å². The summed E-state index contributed by atoms with van der Waals surface area (Å²) < 4.78 is 0. The van der Waals surface area contributed by atoms with E-state index in [2.05, 4.69) is 10.2 Å². The lowest BCUT2D eigenvalue weighted by Gasteiger charge is -2.22. The molecule has 0 saturated carbocycles. The van der Waals surface area contributed by atoms with E-state index in [1.165, 1.54) is 24.6 Å². The Morgan fingerprint density at radius 3 is 2.57 bits per heavy atom. The SMILES string of the molecule is OC1CNC(CN2CCSSCC2)C1. The summed E-state index contributed by atoms with van der Waals surface area (Å²) in [5, 5.41) is 12.8. The number of aliphatic hydroxyl groups excluding tert-OH is 1. The first kappa shape index (κ1) is 11.1. The summed E-state index contributed by atoms with van der Waals surface area (Å²) in [6, 6.07) is 0.512. The van der Waals surface area contributed by atoms with E-state index >= 15 is 0 Å². The van der Waals surface area contributed by atoms with E-state index in [-0.39, 0.29) is 6.10 Å². The molecule has 2 N–H and O–H groups in total. The van der Waals surface area contributed by atoms with Crippen LogP contribution < -0.4 is 5.32 Å². The summed E-state index contributed by atoms with van der Waals surface area (Å²) in [6.07, 6.45) is 0.812. The molecule has 2 fully saturated rings. The van der Waals surface area contributed by atoms with Crippen molar-refractivity contribution < 1.29 is 5.11 Å². The predicted molar refractivity (Wildman–Crippen MR) is 63.8 cm³/mol. The fourth-order valence-corrected chi connectivity index (χ4v) is 4.05. The highest BCUT2D eigenvalue weighted by Crippen LogP contribution is 2.24. The monoisotopic (exact) mass is 234 g/mol. The molecule has 3 nitrogen and oxygen atoms in total. The zero-order chi connectivity index (χ0) is 9.80. The van der Waals surface area contributed by atoms with Crippen molar-refractivity contribution in [1.29, 1.82) is 0 Å². The Balaban J connectivity index is 1.72. The van der Waals surface area contributed by atoms with Gasteiger partial charge in [-0.15, -0.1) is 0 Å². The first-order valence-electron chi connectivity index (χ1n) is 5.23. The van der Waals surface area contributed by atoms with Crippen molar-refractivity contribution in [1.82, 2.24) is 10.2 Å². The maximum Gasteiger partial charge on any atom is 0.0680 e. The molecule has 82 valence electrons. The van der Waals surface area contributed by atoms with Gasteiger partial charge in [0.05, 0.1) is 6.10 Å². The van der Waals surface area contributed by atoms with Gasteiger partial charge < -0.3 is 15.3 Å². The van der Waals surface area contributed by atoms with Gasteiger partial charge in [-0.2, -0.15) is 0 Å². The predicted octanol–water partition coefficient (Wildman–Crippen LogP) is 0.406. The molecule has 0 radical (unpaired) electrons. The van der Waals surface area contributed by atoms with Gasteiger partial charge in [0, 0.05) is 43.7 Å². The Morgan fingerprint density at radius 1 is 1.29 bits per heavy atom. The molecule has 2 unspecified atom stereocenters.